The van der Waals surface area contributed by atoms with E-state index in [1.54, 1.807) is 24.3 Å². The Morgan fingerprint density at radius 2 is 1.62 bits per heavy atom. The molecule has 7 heteroatoms. The number of benzene rings is 2. The van der Waals surface area contributed by atoms with Gasteiger partial charge in [-0.25, -0.2) is 14.6 Å². The van der Waals surface area contributed by atoms with E-state index in [-0.39, 0.29) is 11.1 Å². The van der Waals surface area contributed by atoms with E-state index in [1.807, 2.05) is 0 Å². The van der Waals surface area contributed by atoms with Gasteiger partial charge >= 0.3 is 5.97 Å². The summed E-state index contributed by atoms with van der Waals surface area (Å²) >= 11 is 0. The van der Waals surface area contributed by atoms with E-state index in [1.165, 1.54) is 42.6 Å². The third kappa shape index (κ3) is 4.02. The Hall–Kier alpha value is -3.74. The zero-order valence-corrected chi connectivity index (χ0v) is 13.3. The topological polar surface area (TPSA) is 91.9 Å². The summed E-state index contributed by atoms with van der Waals surface area (Å²) in [5.74, 6) is -0.961. The smallest absolute Gasteiger partial charge is 0.335 e. The summed E-state index contributed by atoms with van der Waals surface area (Å²) in [6.07, 6.45) is 1.33. The van der Waals surface area contributed by atoms with Crippen molar-refractivity contribution in [3.63, 3.8) is 0 Å². The van der Waals surface area contributed by atoms with Crippen molar-refractivity contribution in [2.45, 2.75) is 0 Å². The summed E-state index contributed by atoms with van der Waals surface area (Å²) in [6, 6.07) is 14.7. The van der Waals surface area contributed by atoms with E-state index in [0.29, 0.717) is 17.1 Å². The van der Waals surface area contributed by atoms with Crippen LogP contribution in [0.25, 0.3) is 11.3 Å². The van der Waals surface area contributed by atoms with Gasteiger partial charge in [0.15, 0.2) is 0 Å². The fraction of sp³-hybridized carbons (Fsp3) is 0. The van der Waals surface area contributed by atoms with Crippen LogP contribution in [-0.2, 0) is 0 Å². The molecule has 0 fully saturated rings. The lowest BCUT2D eigenvalue weighted by Crippen LogP contribution is -2.17. The van der Waals surface area contributed by atoms with Crippen LogP contribution in [0.3, 0.4) is 0 Å². The number of carbonyl (C=O) groups is 2. The first-order valence-corrected chi connectivity index (χ1v) is 7.55. The number of hydrogen-bond acceptors (Lipinski definition) is 4. The summed E-state index contributed by atoms with van der Waals surface area (Å²) in [6.45, 7) is 0. The Labute approximate surface area is 147 Å². The van der Waals surface area contributed by atoms with Gasteiger partial charge in [-0.2, -0.15) is 5.10 Å². The molecule has 0 atom stereocenters. The molecule has 0 bridgehead atoms. The fourth-order valence-corrected chi connectivity index (χ4v) is 2.17. The van der Waals surface area contributed by atoms with Crippen molar-refractivity contribution in [1.29, 1.82) is 0 Å². The highest BCUT2D eigenvalue weighted by Crippen LogP contribution is 2.22. The van der Waals surface area contributed by atoms with Crippen LogP contribution in [0.2, 0.25) is 0 Å². The number of carbonyl (C=O) groups excluding carboxylic acids is 1. The normalized spacial score (nSPS) is 10.8. The van der Waals surface area contributed by atoms with Crippen molar-refractivity contribution in [2.24, 2.45) is 5.10 Å². The minimum Gasteiger partial charge on any atom is -0.478 e. The van der Waals surface area contributed by atoms with Gasteiger partial charge in [0, 0.05) is 11.1 Å². The number of furan rings is 1. The van der Waals surface area contributed by atoms with Crippen LogP contribution in [-0.4, -0.2) is 23.2 Å². The van der Waals surface area contributed by atoms with E-state index in [9.17, 15) is 14.0 Å². The summed E-state index contributed by atoms with van der Waals surface area (Å²) in [7, 11) is 0. The maximum absolute atomic E-state index is 12.8. The maximum Gasteiger partial charge on any atom is 0.335 e. The summed E-state index contributed by atoms with van der Waals surface area (Å²) in [5.41, 5.74) is 3.50. The molecule has 2 N–H and O–H groups in total. The number of aromatic carboxylic acids is 1. The molecule has 0 radical (unpaired) electrons. The molecule has 6 nitrogen and oxygen atoms in total. The summed E-state index contributed by atoms with van der Waals surface area (Å²) in [5, 5.41) is 12.7. The molecule has 0 aliphatic heterocycles. The van der Waals surface area contributed by atoms with Crippen molar-refractivity contribution < 1.29 is 23.5 Å². The molecule has 3 aromatic rings. The van der Waals surface area contributed by atoms with Crippen LogP contribution in [0.15, 0.2) is 70.2 Å². The third-order valence-electron chi connectivity index (χ3n) is 3.51. The van der Waals surface area contributed by atoms with Crippen molar-refractivity contribution >= 4 is 18.1 Å². The molecule has 0 saturated heterocycles. The molecule has 0 aliphatic rings. The van der Waals surface area contributed by atoms with Gasteiger partial charge in [-0.1, -0.05) is 12.1 Å². The second-order valence-electron chi connectivity index (χ2n) is 5.29. The highest BCUT2D eigenvalue weighted by molar-refractivity contribution is 5.94. The van der Waals surface area contributed by atoms with Crippen molar-refractivity contribution in [2.75, 3.05) is 0 Å². The molecule has 26 heavy (non-hydrogen) atoms. The Kier molecular flexibility index (Phi) is 4.89. The number of halogens is 1. The number of hydrogen-bond donors (Lipinski definition) is 2. The van der Waals surface area contributed by atoms with Crippen LogP contribution in [0, 0.1) is 5.82 Å². The number of amides is 1. The van der Waals surface area contributed by atoms with Crippen LogP contribution in [0.1, 0.15) is 26.5 Å². The standard InChI is InChI=1S/C19H13FN2O4/c20-15-7-5-13(6-8-15)18(23)22-21-11-16-9-10-17(26-16)12-1-3-14(4-2-12)19(24)25/h1-11H,(H,22,23)(H,24,25)/b21-11-. The zero-order valence-electron chi connectivity index (χ0n) is 13.3. The van der Waals surface area contributed by atoms with Gasteiger partial charge in [0.1, 0.15) is 17.3 Å². The number of nitrogens with one attached hydrogen (secondary N) is 1. The van der Waals surface area contributed by atoms with Crippen LogP contribution < -0.4 is 5.43 Å². The van der Waals surface area contributed by atoms with E-state index in [4.69, 9.17) is 9.52 Å². The number of carboxylic acid groups (broad SMARTS) is 1. The number of carboxylic acids is 1. The first-order valence-electron chi connectivity index (χ1n) is 7.55. The highest BCUT2D eigenvalue weighted by Gasteiger charge is 2.07. The molecule has 130 valence electrons. The Morgan fingerprint density at radius 3 is 2.27 bits per heavy atom. The minimum atomic E-state index is -0.999. The zero-order chi connectivity index (χ0) is 18.5. The first-order chi connectivity index (χ1) is 12.5. The average molecular weight is 352 g/mol. The minimum absolute atomic E-state index is 0.186. The second kappa shape index (κ2) is 7.43. The maximum atomic E-state index is 12.8. The largest absolute Gasteiger partial charge is 0.478 e. The Balaban J connectivity index is 1.64. The average Bonchev–Trinajstić information content (AvgIpc) is 3.11. The molecule has 2 aromatic carbocycles. The SMILES string of the molecule is O=C(O)c1ccc(-c2ccc(/C=N\NC(=O)c3ccc(F)cc3)o2)cc1. The van der Waals surface area contributed by atoms with Gasteiger partial charge in [-0.05, 0) is 48.5 Å². The molecule has 3 rings (SSSR count). The Bertz CT molecular complexity index is 960. The highest BCUT2D eigenvalue weighted by atomic mass is 19.1. The lowest BCUT2D eigenvalue weighted by atomic mass is 10.1. The fourth-order valence-electron chi connectivity index (χ4n) is 2.17. The van der Waals surface area contributed by atoms with Gasteiger partial charge in [-0.3, -0.25) is 4.79 Å². The molecule has 0 aliphatic carbocycles. The lowest BCUT2D eigenvalue weighted by Gasteiger charge is -1.99. The van der Waals surface area contributed by atoms with Crippen molar-refractivity contribution in [3.8, 4) is 11.3 Å². The van der Waals surface area contributed by atoms with Gasteiger partial charge in [0.05, 0.1) is 11.8 Å². The monoisotopic (exact) mass is 352 g/mol. The first kappa shape index (κ1) is 17.1. The molecule has 1 amide bonds. The second-order valence-corrected chi connectivity index (χ2v) is 5.29. The summed E-state index contributed by atoms with van der Waals surface area (Å²) < 4.78 is 18.4. The third-order valence-corrected chi connectivity index (χ3v) is 3.51. The molecular weight excluding hydrogens is 339 g/mol. The molecular formula is C19H13FN2O4. The number of hydrazone groups is 1. The predicted octanol–water partition coefficient (Wildman–Crippen LogP) is 3.55. The summed E-state index contributed by atoms with van der Waals surface area (Å²) in [4.78, 5) is 22.7. The van der Waals surface area contributed by atoms with E-state index in [2.05, 4.69) is 10.5 Å². The van der Waals surface area contributed by atoms with E-state index in [0.717, 1.165) is 0 Å². The van der Waals surface area contributed by atoms with E-state index < -0.39 is 17.7 Å². The van der Waals surface area contributed by atoms with Crippen molar-refractivity contribution in [1.82, 2.24) is 5.43 Å². The predicted molar refractivity (Wildman–Crippen MR) is 92.6 cm³/mol. The Morgan fingerprint density at radius 1 is 0.962 bits per heavy atom. The number of rotatable bonds is 5. The molecule has 1 heterocycles. The van der Waals surface area contributed by atoms with Crippen LogP contribution in [0.5, 0.6) is 0 Å². The van der Waals surface area contributed by atoms with Gasteiger partial charge in [-0.15, -0.1) is 0 Å². The van der Waals surface area contributed by atoms with Crippen LogP contribution >= 0.6 is 0 Å². The van der Waals surface area contributed by atoms with Gasteiger partial charge < -0.3 is 9.52 Å². The lowest BCUT2D eigenvalue weighted by molar-refractivity contribution is 0.0696. The van der Waals surface area contributed by atoms with E-state index >= 15 is 0 Å². The molecule has 0 saturated carbocycles. The molecule has 1 aromatic heterocycles. The molecule has 0 unspecified atom stereocenters. The van der Waals surface area contributed by atoms with Gasteiger partial charge in [0.2, 0.25) is 0 Å². The van der Waals surface area contributed by atoms with Crippen LogP contribution in [0.4, 0.5) is 4.39 Å². The quantitative estimate of drug-likeness (QED) is 0.543. The number of nitrogens with zero attached hydrogens (tertiary/aromatic N) is 1. The van der Waals surface area contributed by atoms with Crippen molar-refractivity contribution in [3.05, 3.63) is 83.4 Å². The van der Waals surface area contributed by atoms with Gasteiger partial charge in [0.25, 0.3) is 5.91 Å². The molecule has 0 spiro atoms.